The van der Waals surface area contributed by atoms with E-state index in [-0.39, 0.29) is 5.75 Å². The van der Waals surface area contributed by atoms with Crippen molar-refractivity contribution in [3.05, 3.63) is 17.8 Å². The summed E-state index contributed by atoms with van der Waals surface area (Å²) < 4.78 is 2.04. The van der Waals surface area contributed by atoms with Crippen molar-refractivity contribution in [2.75, 3.05) is 5.75 Å². The fourth-order valence-electron chi connectivity index (χ4n) is 1.93. The van der Waals surface area contributed by atoms with E-state index in [0.29, 0.717) is 5.92 Å². The van der Waals surface area contributed by atoms with Crippen molar-refractivity contribution in [1.82, 2.24) is 14.5 Å². The molecule has 0 saturated carbocycles. The second kappa shape index (κ2) is 6.26. The lowest BCUT2D eigenvalue weighted by molar-refractivity contribution is -0.133. The molecule has 1 N–H and O–H groups in total. The van der Waals surface area contributed by atoms with Crippen LogP contribution in [0.3, 0.4) is 0 Å². The Balaban J connectivity index is 2.41. The molecule has 5 nitrogen and oxygen atoms in total. The zero-order valence-corrected chi connectivity index (χ0v) is 12.8. The second-order valence-electron chi connectivity index (χ2n) is 5.06. The molecule has 0 aliphatic heterocycles. The molecule has 2 rings (SSSR count). The quantitative estimate of drug-likeness (QED) is 0.829. The summed E-state index contributed by atoms with van der Waals surface area (Å²) in [7, 11) is 0. The van der Waals surface area contributed by atoms with E-state index in [9.17, 15) is 4.79 Å². The van der Waals surface area contributed by atoms with Gasteiger partial charge in [-0.1, -0.05) is 32.0 Å². The zero-order chi connectivity index (χ0) is 14.7. The van der Waals surface area contributed by atoms with Gasteiger partial charge >= 0.3 is 5.97 Å². The van der Waals surface area contributed by atoms with Crippen molar-refractivity contribution < 1.29 is 9.90 Å². The van der Waals surface area contributed by atoms with Crippen molar-refractivity contribution in [3.63, 3.8) is 0 Å². The van der Waals surface area contributed by atoms with Crippen LogP contribution in [-0.4, -0.2) is 31.4 Å². The van der Waals surface area contributed by atoms with Gasteiger partial charge in [0.2, 0.25) is 0 Å². The maximum absolute atomic E-state index is 10.8. The number of aliphatic carboxylic acids is 1. The summed E-state index contributed by atoms with van der Waals surface area (Å²) in [4.78, 5) is 19.7. The summed E-state index contributed by atoms with van der Waals surface area (Å²) in [6.45, 7) is 7.10. The molecule has 20 heavy (non-hydrogen) atoms. The number of carbonyl (C=O) groups is 1. The Labute approximate surface area is 122 Å². The van der Waals surface area contributed by atoms with E-state index >= 15 is 0 Å². The number of pyridine rings is 1. The molecular formula is C14H19N3O2S. The normalized spacial score (nSPS) is 12.8. The van der Waals surface area contributed by atoms with Crippen molar-refractivity contribution in [1.29, 1.82) is 0 Å². The molecule has 0 saturated heterocycles. The predicted octanol–water partition coefficient (Wildman–Crippen LogP) is 2.96. The van der Waals surface area contributed by atoms with E-state index in [1.54, 1.807) is 0 Å². The number of aromatic nitrogens is 3. The standard InChI is InChI=1S/C14H19N3O2S/c1-4-9(2)7-17-13-11(5-10(3)6-15-13)16-14(17)20-8-12(18)19/h5-6,9H,4,7-8H2,1-3H3,(H,18,19). The smallest absolute Gasteiger partial charge is 0.313 e. The highest BCUT2D eigenvalue weighted by Crippen LogP contribution is 2.25. The summed E-state index contributed by atoms with van der Waals surface area (Å²) in [6.07, 6.45) is 2.89. The van der Waals surface area contributed by atoms with Crippen LogP contribution in [-0.2, 0) is 11.3 Å². The summed E-state index contributed by atoms with van der Waals surface area (Å²) in [5.74, 6) is -0.316. The first-order chi connectivity index (χ1) is 9.51. The lowest BCUT2D eigenvalue weighted by Gasteiger charge is -2.12. The number of carboxylic acid groups (broad SMARTS) is 1. The first-order valence-electron chi connectivity index (χ1n) is 6.68. The molecule has 0 aliphatic rings. The maximum Gasteiger partial charge on any atom is 0.313 e. The first kappa shape index (κ1) is 14.8. The molecule has 1 unspecified atom stereocenters. The van der Waals surface area contributed by atoms with Crippen LogP contribution < -0.4 is 0 Å². The van der Waals surface area contributed by atoms with Crippen LogP contribution in [0.15, 0.2) is 17.4 Å². The number of imidazole rings is 1. The number of nitrogens with zero attached hydrogens (tertiary/aromatic N) is 3. The number of hydrogen-bond donors (Lipinski definition) is 1. The SMILES string of the molecule is CCC(C)Cn1c(SCC(=O)O)nc2cc(C)cnc21. The average molecular weight is 293 g/mol. The molecule has 0 radical (unpaired) electrons. The van der Waals surface area contributed by atoms with E-state index in [1.807, 2.05) is 23.8 Å². The van der Waals surface area contributed by atoms with Crippen LogP contribution in [0.2, 0.25) is 0 Å². The van der Waals surface area contributed by atoms with E-state index < -0.39 is 5.97 Å². The fraction of sp³-hybridized carbons (Fsp3) is 0.500. The molecule has 0 fully saturated rings. The number of thioether (sulfide) groups is 1. The Morgan fingerprint density at radius 2 is 2.30 bits per heavy atom. The summed E-state index contributed by atoms with van der Waals surface area (Å²) in [5.41, 5.74) is 2.73. The highest BCUT2D eigenvalue weighted by molar-refractivity contribution is 7.99. The van der Waals surface area contributed by atoms with Gasteiger partial charge in [-0.25, -0.2) is 9.97 Å². The van der Waals surface area contributed by atoms with Gasteiger partial charge in [-0.3, -0.25) is 4.79 Å². The van der Waals surface area contributed by atoms with Crippen molar-refractivity contribution in [2.45, 2.75) is 38.9 Å². The molecule has 108 valence electrons. The van der Waals surface area contributed by atoms with Gasteiger partial charge in [0.25, 0.3) is 0 Å². The van der Waals surface area contributed by atoms with Gasteiger partial charge in [-0.2, -0.15) is 0 Å². The van der Waals surface area contributed by atoms with Crippen LogP contribution in [0.25, 0.3) is 11.2 Å². The minimum atomic E-state index is -0.832. The van der Waals surface area contributed by atoms with E-state index in [0.717, 1.165) is 34.8 Å². The van der Waals surface area contributed by atoms with E-state index in [2.05, 4.69) is 23.8 Å². The average Bonchev–Trinajstić information content (AvgIpc) is 2.73. The van der Waals surface area contributed by atoms with Crippen LogP contribution in [0.5, 0.6) is 0 Å². The summed E-state index contributed by atoms with van der Waals surface area (Å²) in [6, 6.07) is 1.99. The molecule has 0 spiro atoms. The van der Waals surface area contributed by atoms with Crippen molar-refractivity contribution in [2.24, 2.45) is 5.92 Å². The number of fused-ring (bicyclic) bond motifs is 1. The minimum Gasteiger partial charge on any atom is -0.481 e. The third-order valence-electron chi connectivity index (χ3n) is 3.20. The van der Waals surface area contributed by atoms with E-state index in [1.165, 1.54) is 11.8 Å². The molecule has 6 heteroatoms. The molecular weight excluding hydrogens is 274 g/mol. The Hall–Kier alpha value is -1.56. The number of carboxylic acids is 1. The largest absolute Gasteiger partial charge is 0.481 e. The fourth-order valence-corrected chi connectivity index (χ4v) is 2.66. The number of rotatable bonds is 6. The molecule has 0 aromatic carbocycles. The predicted molar refractivity (Wildman–Crippen MR) is 80.1 cm³/mol. The van der Waals surface area contributed by atoms with E-state index in [4.69, 9.17) is 5.11 Å². The van der Waals surface area contributed by atoms with Gasteiger partial charge in [0.05, 0.1) is 5.75 Å². The lowest BCUT2D eigenvalue weighted by atomic mass is 10.1. The number of aryl methyl sites for hydroxylation is 1. The van der Waals surface area contributed by atoms with Gasteiger partial charge in [-0.05, 0) is 24.5 Å². The molecule has 0 aliphatic carbocycles. The zero-order valence-electron chi connectivity index (χ0n) is 12.0. The molecule has 2 heterocycles. The first-order valence-corrected chi connectivity index (χ1v) is 7.67. The Kier molecular flexibility index (Phi) is 4.65. The maximum atomic E-state index is 10.8. The minimum absolute atomic E-state index is 0.0167. The van der Waals surface area contributed by atoms with Gasteiger partial charge in [0.1, 0.15) is 5.52 Å². The Bertz CT molecular complexity index is 624. The summed E-state index contributed by atoms with van der Waals surface area (Å²) in [5, 5.41) is 9.58. The highest BCUT2D eigenvalue weighted by atomic mass is 32.2. The lowest BCUT2D eigenvalue weighted by Crippen LogP contribution is -2.09. The molecule has 1 atom stereocenters. The van der Waals surface area contributed by atoms with Crippen molar-refractivity contribution >= 4 is 28.9 Å². The monoisotopic (exact) mass is 293 g/mol. The third kappa shape index (κ3) is 3.30. The van der Waals surface area contributed by atoms with Crippen LogP contribution in [0.1, 0.15) is 25.8 Å². The summed E-state index contributed by atoms with van der Waals surface area (Å²) >= 11 is 1.25. The molecule has 2 aromatic rings. The van der Waals surface area contributed by atoms with Crippen LogP contribution >= 0.6 is 11.8 Å². The Morgan fingerprint density at radius 1 is 1.55 bits per heavy atom. The number of hydrogen-bond acceptors (Lipinski definition) is 4. The molecule has 0 amide bonds. The molecule has 0 bridgehead atoms. The van der Waals surface area contributed by atoms with Gasteiger partial charge < -0.3 is 9.67 Å². The van der Waals surface area contributed by atoms with Crippen LogP contribution in [0.4, 0.5) is 0 Å². The van der Waals surface area contributed by atoms with Gasteiger partial charge in [0, 0.05) is 12.7 Å². The third-order valence-corrected chi connectivity index (χ3v) is 4.16. The van der Waals surface area contributed by atoms with Crippen LogP contribution in [0, 0.1) is 12.8 Å². The topological polar surface area (TPSA) is 68.0 Å². The van der Waals surface area contributed by atoms with Gasteiger partial charge in [0.15, 0.2) is 10.8 Å². The second-order valence-corrected chi connectivity index (χ2v) is 6.00. The Morgan fingerprint density at radius 3 is 2.95 bits per heavy atom. The van der Waals surface area contributed by atoms with Gasteiger partial charge in [-0.15, -0.1) is 0 Å². The molecule has 2 aromatic heterocycles. The van der Waals surface area contributed by atoms with Crippen molar-refractivity contribution in [3.8, 4) is 0 Å². The highest BCUT2D eigenvalue weighted by Gasteiger charge is 2.15.